The van der Waals surface area contributed by atoms with Crippen LogP contribution in [-0.2, 0) is 6.54 Å². The van der Waals surface area contributed by atoms with Crippen LogP contribution < -0.4 is 5.73 Å². The Labute approximate surface area is 179 Å². The Morgan fingerprint density at radius 2 is 1.61 bits per heavy atom. The van der Waals surface area contributed by atoms with Crippen LogP contribution in [0.15, 0.2) is 91.5 Å². The highest BCUT2D eigenvalue weighted by Gasteiger charge is 2.16. The predicted octanol–water partition coefficient (Wildman–Crippen LogP) is 4.31. The molecule has 2 heterocycles. The number of fused-ring (bicyclic) bond motifs is 1. The summed E-state index contributed by atoms with van der Waals surface area (Å²) in [5.74, 6) is -0.454. The van der Waals surface area contributed by atoms with Crippen molar-refractivity contribution in [3.05, 3.63) is 103 Å². The maximum absolute atomic E-state index is 11.7. The van der Waals surface area contributed by atoms with Crippen LogP contribution in [0.3, 0.4) is 0 Å². The van der Waals surface area contributed by atoms with Crippen LogP contribution in [0.5, 0.6) is 0 Å². The Kier molecular flexibility index (Phi) is 4.72. The van der Waals surface area contributed by atoms with Crippen molar-refractivity contribution in [2.45, 2.75) is 6.54 Å². The largest absolute Gasteiger partial charge is 0.366 e. The van der Waals surface area contributed by atoms with E-state index >= 15 is 0 Å². The number of nitrogens with zero attached hydrogens (tertiary/aromatic N) is 4. The lowest BCUT2D eigenvalue weighted by Gasteiger charge is -2.12. The molecule has 0 fully saturated rings. The lowest BCUT2D eigenvalue weighted by molar-refractivity contribution is 0.100. The molecular formula is C25H19N5O. The van der Waals surface area contributed by atoms with Crippen LogP contribution in [0, 0.1) is 0 Å². The molecule has 0 bridgehead atoms. The summed E-state index contributed by atoms with van der Waals surface area (Å²) in [5, 5.41) is 0. The number of amides is 1. The molecular weight excluding hydrogens is 386 g/mol. The summed E-state index contributed by atoms with van der Waals surface area (Å²) in [5.41, 5.74) is 12.2. The molecule has 0 aliphatic carbocycles. The lowest BCUT2D eigenvalue weighted by atomic mass is 9.95. The first-order valence-electron chi connectivity index (χ1n) is 9.90. The van der Waals surface area contributed by atoms with Crippen LogP contribution >= 0.6 is 0 Å². The molecule has 6 heteroatoms. The average molecular weight is 405 g/mol. The van der Waals surface area contributed by atoms with E-state index < -0.39 is 5.91 Å². The van der Waals surface area contributed by atoms with E-state index in [1.54, 1.807) is 18.5 Å². The van der Waals surface area contributed by atoms with E-state index in [0.717, 1.165) is 27.9 Å². The number of carbonyl (C=O) groups is 1. The average Bonchev–Trinajstić information content (AvgIpc) is 3.23. The molecule has 0 atom stereocenters. The fourth-order valence-corrected chi connectivity index (χ4v) is 3.79. The van der Waals surface area contributed by atoms with Crippen LogP contribution in [0.1, 0.15) is 15.9 Å². The van der Waals surface area contributed by atoms with E-state index in [-0.39, 0.29) is 0 Å². The van der Waals surface area contributed by atoms with E-state index in [4.69, 9.17) is 5.73 Å². The standard InChI is InChI=1S/C25H19N5O/c26-24(31)19-10-6-9-18(13-19)20-11-4-5-12-21(20)22-23-25(28-15-27-22)29-16-30(23)14-17-7-2-1-3-8-17/h1-13,15-16H,14H2,(H2,26,31). The third-order valence-corrected chi connectivity index (χ3v) is 5.25. The van der Waals surface area contributed by atoms with E-state index in [9.17, 15) is 4.79 Å². The molecule has 0 aliphatic heterocycles. The molecule has 6 nitrogen and oxygen atoms in total. The molecule has 2 N–H and O–H groups in total. The Morgan fingerprint density at radius 1 is 0.839 bits per heavy atom. The molecule has 0 saturated heterocycles. The predicted molar refractivity (Wildman–Crippen MR) is 120 cm³/mol. The minimum atomic E-state index is -0.454. The summed E-state index contributed by atoms with van der Waals surface area (Å²) in [6.07, 6.45) is 3.33. The first-order chi connectivity index (χ1) is 15.2. The molecule has 2 aromatic heterocycles. The Morgan fingerprint density at radius 3 is 2.42 bits per heavy atom. The van der Waals surface area contributed by atoms with Gasteiger partial charge < -0.3 is 10.3 Å². The zero-order chi connectivity index (χ0) is 21.2. The van der Waals surface area contributed by atoms with Crippen LogP contribution in [-0.4, -0.2) is 25.4 Å². The normalized spacial score (nSPS) is 11.0. The van der Waals surface area contributed by atoms with Crippen LogP contribution in [0.25, 0.3) is 33.5 Å². The van der Waals surface area contributed by atoms with Gasteiger partial charge in [-0.3, -0.25) is 4.79 Å². The molecule has 0 unspecified atom stereocenters. The number of primary amides is 1. The van der Waals surface area contributed by atoms with Gasteiger partial charge in [0.1, 0.15) is 17.5 Å². The van der Waals surface area contributed by atoms with Crippen molar-refractivity contribution in [3.8, 4) is 22.4 Å². The number of aromatic nitrogens is 4. The lowest BCUT2D eigenvalue weighted by Crippen LogP contribution is -2.10. The van der Waals surface area contributed by atoms with Gasteiger partial charge in [-0.1, -0.05) is 66.7 Å². The van der Waals surface area contributed by atoms with Gasteiger partial charge in [-0.15, -0.1) is 0 Å². The van der Waals surface area contributed by atoms with Crippen LogP contribution in [0.4, 0.5) is 0 Å². The zero-order valence-corrected chi connectivity index (χ0v) is 16.6. The van der Waals surface area contributed by atoms with E-state index in [1.165, 1.54) is 11.9 Å². The van der Waals surface area contributed by atoms with Crippen LogP contribution in [0.2, 0.25) is 0 Å². The summed E-state index contributed by atoms with van der Waals surface area (Å²) < 4.78 is 2.07. The number of hydrogen-bond acceptors (Lipinski definition) is 4. The minimum Gasteiger partial charge on any atom is -0.366 e. The van der Waals surface area contributed by atoms with E-state index in [1.807, 2.05) is 54.6 Å². The summed E-state index contributed by atoms with van der Waals surface area (Å²) in [7, 11) is 0. The first-order valence-corrected chi connectivity index (χ1v) is 9.90. The second-order valence-corrected chi connectivity index (χ2v) is 7.24. The molecule has 1 amide bonds. The SMILES string of the molecule is NC(=O)c1cccc(-c2ccccc2-c2ncnc3ncn(Cc4ccccc4)c23)c1. The highest BCUT2D eigenvalue weighted by molar-refractivity contribution is 5.97. The summed E-state index contributed by atoms with van der Waals surface area (Å²) in [6.45, 7) is 0.664. The number of hydrogen-bond donors (Lipinski definition) is 1. The molecule has 0 spiro atoms. The highest BCUT2D eigenvalue weighted by Crippen LogP contribution is 2.34. The zero-order valence-electron chi connectivity index (χ0n) is 16.6. The fourth-order valence-electron chi connectivity index (χ4n) is 3.79. The number of nitrogens with two attached hydrogens (primary N) is 1. The van der Waals surface area contributed by atoms with Gasteiger partial charge in [0.05, 0.1) is 6.33 Å². The van der Waals surface area contributed by atoms with Crippen molar-refractivity contribution < 1.29 is 4.79 Å². The number of carbonyl (C=O) groups excluding carboxylic acids is 1. The van der Waals surface area contributed by atoms with Gasteiger partial charge in [-0.05, 0) is 28.8 Å². The number of benzene rings is 3. The van der Waals surface area contributed by atoms with Gasteiger partial charge in [0.25, 0.3) is 0 Å². The van der Waals surface area contributed by atoms with Crippen molar-refractivity contribution in [1.82, 2.24) is 19.5 Å². The Hall–Kier alpha value is -4.32. The van der Waals surface area contributed by atoms with Crippen molar-refractivity contribution in [2.75, 3.05) is 0 Å². The van der Waals surface area contributed by atoms with Gasteiger partial charge >= 0.3 is 0 Å². The van der Waals surface area contributed by atoms with Gasteiger partial charge in [0.2, 0.25) is 5.91 Å². The van der Waals surface area contributed by atoms with Crippen molar-refractivity contribution in [2.24, 2.45) is 5.73 Å². The maximum Gasteiger partial charge on any atom is 0.248 e. The van der Waals surface area contributed by atoms with Gasteiger partial charge in [-0.25, -0.2) is 15.0 Å². The quantitative estimate of drug-likeness (QED) is 0.472. The van der Waals surface area contributed by atoms with E-state index in [0.29, 0.717) is 17.8 Å². The molecule has 3 aromatic carbocycles. The Balaban J connectivity index is 1.68. The monoisotopic (exact) mass is 405 g/mol. The van der Waals surface area contributed by atoms with Crippen molar-refractivity contribution >= 4 is 17.1 Å². The smallest absolute Gasteiger partial charge is 0.248 e. The topological polar surface area (TPSA) is 86.7 Å². The van der Waals surface area contributed by atoms with Gasteiger partial charge in [0.15, 0.2) is 5.65 Å². The fraction of sp³-hybridized carbons (Fsp3) is 0.0400. The second-order valence-electron chi connectivity index (χ2n) is 7.24. The van der Waals surface area contributed by atoms with Gasteiger partial charge in [-0.2, -0.15) is 0 Å². The van der Waals surface area contributed by atoms with Crippen molar-refractivity contribution in [3.63, 3.8) is 0 Å². The minimum absolute atomic E-state index is 0.454. The third-order valence-electron chi connectivity index (χ3n) is 5.25. The summed E-state index contributed by atoms with van der Waals surface area (Å²) in [6, 6.07) is 25.5. The Bertz CT molecular complexity index is 1390. The third kappa shape index (κ3) is 3.55. The highest BCUT2D eigenvalue weighted by atomic mass is 16.1. The molecule has 5 rings (SSSR count). The molecule has 31 heavy (non-hydrogen) atoms. The molecule has 0 aliphatic rings. The van der Waals surface area contributed by atoms with Crippen molar-refractivity contribution in [1.29, 1.82) is 0 Å². The number of rotatable bonds is 5. The second kappa shape index (κ2) is 7.84. The molecule has 0 saturated carbocycles. The molecule has 0 radical (unpaired) electrons. The molecule has 5 aromatic rings. The summed E-state index contributed by atoms with van der Waals surface area (Å²) >= 11 is 0. The van der Waals surface area contributed by atoms with Gasteiger partial charge in [0, 0.05) is 17.7 Å². The number of imidazole rings is 1. The maximum atomic E-state index is 11.7. The summed E-state index contributed by atoms with van der Waals surface area (Å²) in [4.78, 5) is 25.2. The molecule has 150 valence electrons. The first kappa shape index (κ1) is 18.7. The van der Waals surface area contributed by atoms with E-state index in [2.05, 4.69) is 31.7 Å².